The number of hydrogen-bond acceptors (Lipinski definition) is 5. The summed E-state index contributed by atoms with van der Waals surface area (Å²) < 4.78 is 5.28. The number of amides is 3. The van der Waals surface area contributed by atoms with Gasteiger partial charge in [-0.05, 0) is 36.2 Å². The van der Waals surface area contributed by atoms with Crippen LogP contribution in [0.15, 0.2) is 48.5 Å². The third kappa shape index (κ3) is 4.37. The maximum Gasteiger partial charge on any atom is 0.320 e. The Kier molecular flexibility index (Phi) is 6.29. The van der Waals surface area contributed by atoms with Crippen molar-refractivity contribution in [1.82, 2.24) is 5.43 Å². The molecular weight excluding hydrogens is 336 g/mol. The second kappa shape index (κ2) is 8.63. The molecule has 0 bridgehead atoms. The highest BCUT2D eigenvalue weighted by Crippen LogP contribution is 2.33. The van der Waals surface area contributed by atoms with E-state index in [1.54, 1.807) is 48.5 Å². The highest BCUT2D eigenvalue weighted by molar-refractivity contribution is 6.41. The SMILES string of the molecule is COc1ccccc1N(C(=O)C(N)=O)c1ccc(CCC(=O)NN)cc1. The largest absolute Gasteiger partial charge is 0.495 e. The number of para-hydroxylation sites is 2. The first-order chi connectivity index (χ1) is 12.5. The molecule has 3 amide bonds. The summed E-state index contributed by atoms with van der Waals surface area (Å²) in [6.07, 6.45) is 0.730. The standard InChI is InChI=1S/C18H20N4O4/c1-26-15-5-3-2-4-14(15)22(18(25)17(19)24)13-9-6-12(7-10-13)8-11-16(23)21-20/h2-7,9-10H,8,11,20H2,1H3,(H2,19,24)(H,21,23). The van der Waals surface area contributed by atoms with Crippen molar-refractivity contribution in [3.05, 3.63) is 54.1 Å². The van der Waals surface area contributed by atoms with Gasteiger partial charge < -0.3 is 10.5 Å². The van der Waals surface area contributed by atoms with Gasteiger partial charge in [-0.2, -0.15) is 0 Å². The van der Waals surface area contributed by atoms with Crippen molar-refractivity contribution in [2.45, 2.75) is 12.8 Å². The van der Waals surface area contributed by atoms with Gasteiger partial charge in [-0.25, -0.2) is 5.84 Å². The van der Waals surface area contributed by atoms with Crippen LogP contribution in [0.2, 0.25) is 0 Å². The Morgan fingerprint density at radius 1 is 1.08 bits per heavy atom. The lowest BCUT2D eigenvalue weighted by atomic mass is 10.1. The van der Waals surface area contributed by atoms with Crippen molar-refractivity contribution < 1.29 is 19.1 Å². The number of aryl methyl sites for hydroxylation is 1. The number of hydrazine groups is 1. The number of ether oxygens (including phenoxy) is 1. The minimum atomic E-state index is -1.08. The summed E-state index contributed by atoms with van der Waals surface area (Å²) in [4.78, 5) is 36.3. The van der Waals surface area contributed by atoms with Crippen molar-refractivity contribution in [2.75, 3.05) is 12.0 Å². The zero-order valence-electron chi connectivity index (χ0n) is 14.3. The van der Waals surface area contributed by atoms with Crippen LogP contribution >= 0.6 is 0 Å². The van der Waals surface area contributed by atoms with Crippen LogP contribution in [-0.2, 0) is 20.8 Å². The van der Waals surface area contributed by atoms with E-state index >= 15 is 0 Å². The van der Waals surface area contributed by atoms with Crippen LogP contribution in [-0.4, -0.2) is 24.8 Å². The van der Waals surface area contributed by atoms with Crippen LogP contribution in [0.4, 0.5) is 11.4 Å². The third-order valence-corrected chi connectivity index (χ3v) is 3.74. The minimum absolute atomic E-state index is 0.242. The van der Waals surface area contributed by atoms with E-state index in [0.29, 0.717) is 23.5 Å². The van der Waals surface area contributed by atoms with Crippen LogP contribution in [0.1, 0.15) is 12.0 Å². The smallest absolute Gasteiger partial charge is 0.320 e. The molecule has 0 aliphatic carbocycles. The van der Waals surface area contributed by atoms with E-state index in [-0.39, 0.29) is 12.3 Å². The average molecular weight is 356 g/mol. The van der Waals surface area contributed by atoms with Crippen LogP contribution in [0, 0.1) is 0 Å². The van der Waals surface area contributed by atoms with E-state index < -0.39 is 11.8 Å². The van der Waals surface area contributed by atoms with Crippen molar-refractivity contribution in [3.8, 4) is 5.75 Å². The van der Waals surface area contributed by atoms with E-state index in [4.69, 9.17) is 16.3 Å². The number of carbonyl (C=O) groups is 3. The summed E-state index contributed by atoms with van der Waals surface area (Å²) in [5.41, 5.74) is 9.00. The van der Waals surface area contributed by atoms with Gasteiger partial charge >= 0.3 is 11.8 Å². The molecule has 8 heteroatoms. The van der Waals surface area contributed by atoms with Gasteiger partial charge in [-0.3, -0.25) is 24.7 Å². The normalized spacial score (nSPS) is 10.1. The molecule has 0 spiro atoms. The van der Waals surface area contributed by atoms with Gasteiger partial charge in [-0.15, -0.1) is 0 Å². The maximum atomic E-state index is 12.4. The van der Waals surface area contributed by atoms with E-state index in [2.05, 4.69) is 5.43 Å². The molecule has 2 rings (SSSR count). The fraction of sp³-hybridized carbons (Fsp3) is 0.167. The van der Waals surface area contributed by atoms with Gasteiger partial charge in [0.05, 0.1) is 12.8 Å². The Morgan fingerprint density at radius 3 is 2.31 bits per heavy atom. The lowest BCUT2D eigenvalue weighted by molar-refractivity contribution is -0.135. The molecule has 0 aromatic heterocycles. The fourth-order valence-electron chi connectivity index (χ4n) is 2.43. The molecule has 5 N–H and O–H groups in total. The molecule has 2 aromatic rings. The molecule has 2 aromatic carbocycles. The molecule has 136 valence electrons. The maximum absolute atomic E-state index is 12.4. The fourth-order valence-corrected chi connectivity index (χ4v) is 2.43. The highest BCUT2D eigenvalue weighted by Gasteiger charge is 2.25. The Balaban J connectivity index is 2.36. The number of nitrogens with two attached hydrogens (primary N) is 2. The van der Waals surface area contributed by atoms with Gasteiger partial charge in [-0.1, -0.05) is 24.3 Å². The monoisotopic (exact) mass is 356 g/mol. The van der Waals surface area contributed by atoms with Gasteiger partial charge in [0.25, 0.3) is 0 Å². The predicted octanol–water partition coefficient (Wildman–Crippen LogP) is 0.768. The number of primary amides is 1. The van der Waals surface area contributed by atoms with Gasteiger partial charge in [0, 0.05) is 12.1 Å². The molecule has 0 unspecified atom stereocenters. The van der Waals surface area contributed by atoms with Crippen LogP contribution in [0.3, 0.4) is 0 Å². The lowest BCUT2D eigenvalue weighted by Gasteiger charge is -2.23. The zero-order valence-corrected chi connectivity index (χ0v) is 14.3. The molecule has 26 heavy (non-hydrogen) atoms. The van der Waals surface area contributed by atoms with Crippen LogP contribution in [0.5, 0.6) is 5.75 Å². The minimum Gasteiger partial charge on any atom is -0.495 e. The van der Waals surface area contributed by atoms with Gasteiger partial charge in [0.2, 0.25) is 5.91 Å². The van der Waals surface area contributed by atoms with E-state index in [1.165, 1.54) is 12.0 Å². The molecule has 8 nitrogen and oxygen atoms in total. The number of rotatable bonds is 6. The summed E-state index contributed by atoms with van der Waals surface area (Å²) in [7, 11) is 1.47. The molecule has 0 saturated heterocycles. The Hall–Kier alpha value is -3.39. The summed E-state index contributed by atoms with van der Waals surface area (Å²) in [6.45, 7) is 0. The Bertz CT molecular complexity index is 805. The quantitative estimate of drug-likeness (QED) is 0.305. The molecule has 0 radical (unpaired) electrons. The summed E-state index contributed by atoms with van der Waals surface area (Å²) in [6, 6.07) is 13.7. The molecule has 0 aliphatic heterocycles. The van der Waals surface area contributed by atoms with Crippen molar-refractivity contribution in [3.63, 3.8) is 0 Å². The van der Waals surface area contributed by atoms with Crippen LogP contribution < -0.4 is 26.6 Å². The second-order valence-electron chi connectivity index (χ2n) is 5.41. The first kappa shape index (κ1) is 18.9. The number of hydrogen-bond donors (Lipinski definition) is 3. The number of carbonyl (C=O) groups excluding carboxylic acids is 3. The topological polar surface area (TPSA) is 128 Å². The predicted molar refractivity (Wildman–Crippen MR) is 96.4 cm³/mol. The molecule has 0 heterocycles. The molecule has 0 fully saturated rings. The molecule has 0 saturated carbocycles. The van der Waals surface area contributed by atoms with E-state index in [0.717, 1.165) is 5.56 Å². The number of benzene rings is 2. The molecule has 0 atom stereocenters. The first-order valence-corrected chi connectivity index (χ1v) is 7.83. The molecular formula is C18H20N4O4. The molecule has 0 aliphatic rings. The van der Waals surface area contributed by atoms with Gasteiger partial charge in [0.15, 0.2) is 0 Å². The van der Waals surface area contributed by atoms with E-state index in [9.17, 15) is 14.4 Å². The lowest BCUT2D eigenvalue weighted by Crippen LogP contribution is -2.37. The van der Waals surface area contributed by atoms with Crippen molar-refractivity contribution >= 4 is 29.1 Å². The van der Waals surface area contributed by atoms with Crippen molar-refractivity contribution in [1.29, 1.82) is 0 Å². The average Bonchev–Trinajstić information content (AvgIpc) is 2.67. The zero-order chi connectivity index (χ0) is 19.1. The second-order valence-corrected chi connectivity index (χ2v) is 5.41. The highest BCUT2D eigenvalue weighted by atomic mass is 16.5. The number of nitrogens with one attached hydrogen (secondary N) is 1. The van der Waals surface area contributed by atoms with E-state index in [1.807, 2.05) is 0 Å². The first-order valence-electron chi connectivity index (χ1n) is 7.83. The Labute approximate surface area is 150 Å². The summed E-state index contributed by atoms with van der Waals surface area (Å²) >= 11 is 0. The van der Waals surface area contributed by atoms with Gasteiger partial charge in [0.1, 0.15) is 5.75 Å². The summed E-state index contributed by atoms with van der Waals surface area (Å²) in [5.74, 6) is 3.24. The number of anilines is 2. The third-order valence-electron chi connectivity index (χ3n) is 3.74. The van der Waals surface area contributed by atoms with Crippen LogP contribution in [0.25, 0.3) is 0 Å². The number of methoxy groups -OCH3 is 1. The number of nitrogens with zero attached hydrogens (tertiary/aromatic N) is 1. The Morgan fingerprint density at radius 2 is 1.73 bits per heavy atom. The summed E-state index contributed by atoms with van der Waals surface area (Å²) in [5, 5.41) is 0. The van der Waals surface area contributed by atoms with Crippen molar-refractivity contribution in [2.24, 2.45) is 11.6 Å².